The zero-order chi connectivity index (χ0) is 21.5. The van der Waals surface area contributed by atoms with E-state index in [1.54, 1.807) is 17.1 Å². The lowest BCUT2D eigenvalue weighted by Gasteiger charge is -2.41. The number of alkyl halides is 2. The van der Waals surface area contributed by atoms with E-state index in [2.05, 4.69) is 26.3 Å². The van der Waals surface area contributed by atoms with Gasteiger partial charge in [-0.1, -0.05) is 18.6 Å². The quantitative estimate of drug-likeness (QED) is 0.614. The van der Waals surface area contributed by atoms with E-state index >= 15 is 0 Å². The molecule has 2 aliphatic rings. The zero-order valence-corrected chi connectivity index (χ0v) is 17.0. The average Bonchev–Trinajstić information content (AvgIpc) is 3.40. The van der Waals surface area contributed by atoms with Crippen molar-refractivity contribution >= 4 is 5.91 Å². The molecule has 1 atom stereocenters. The molecule has 0 spiro atoms. The van der Waals surface area contributed by atoms with Gasteiger partial charge in [0.2, 0.25) is 5.89 Å². The van der Waals surface area contributed by atoms with E-state index < -0.39 is 12.3 Å². The molecule has 0 N–H and O–H groups in total. The molecule has 2 aromatic heterocycles. The molecule has 3 aromatic rings. The zero-order valence-electron chi connectivity index (χ0n) is 17.0. The van der Waals surface area contributed by atoms with Crippen LogP contribution in [0.5, 0.6) is 0 Å². The highest BCUT2D eigenvalue weighted by molar-refractivity contribution is 5.99. The number of aromatic nitrogens is 3. The highest BCUT2D eigenvalue weighted by Gasteiger charge is 2.37. The topological polar surface area (TPSA) is 75.4 Å². The van der Waals surface area contributed by atoms with Gasteiger partial charge in [-0.15, -0.1) is 10.2 Å². The lowest BCUT2D eigenvalue weighted by Crippen LogP contribution is -2.47. The maximum absolute atomic E-state index is 13.3. The number of piperidine rings is 1. The predicted octanol–water partition coefficient (Wildman–Crippen LogP) is 4.48. The van der Waals surface area contributed by atoms with Gasteiger partial charge >= 0.3 is 6.43 Å². The van der Waals surface area contributed by atoms with E-state index in [1.807, 2.05) is 25.3 Å². The summed E-state index contributed by atoms with van der Waals surface area (Å²) < 4.78 is 30.6. The molecule has 9 heteroatoms. The van der Waals surface area contributed by atoms with Gasteiger partial charge in [-0.2, -0.15) is 8.78 Å². The number of halogens is 2. The number of amides is 1. The minimum atomic E-state index is -2.83. The van der Waals surface area contributed by atoms with Crippen molar-refractivity contribution < 1.29 is 18.0 Å². The van der Waals surface area contributed by atoms with Crippen LogP contribution < -0.4 is 0 Å². The van der Waals surface area contributed by atoms with Gasteiger partial charge in [-0.3, -0.25) is 14.8 Å². The van der Waals surface area contributed by atoms with E-state index in [0.29, 0.717) is 17.7 Å². The highest BCUT2D eigenvalue weighted by atomic mass is 19.3. The maximum Gasteiger partial charge on any atom is 0.314 e. The normalized spacial score (nSPS) is 19.3. The second kappa shape index (κ2) is 7.81. The molecular formula is C22H21F2N5O2. The third-order valence-corrected chi connectivity index (χ3v) is 5.87. The van der Waals surface area contributed by atoms with Crippen molar-refractivity contribution in [2.75, 3.05) is 6.54 Å². The van der Waals surface area contributed by atoms with Crippen LogP contribution in [0, 0.1) is 6.92 Å². The first-order chi connectivity index (χ1) is 15.0. The first kappa shape index (κ1) is 19.7. The van der Waals surface area contributed by atoms with Crippen molar-refractivity contribution in [3.63, 3.8) is 0 Å². The number of carbonyl (C=O) groups is 1. The van der Waals surface area contributed by atoms with Crippen LogP contribution in [0.2, 0.25) is 0 Å². The number of hydrogen-bond donors (Lipinski definition) is 0. The molecule has 0 unspecified atom stereocenters. The minimum Gasteiger partial charge on any atom is -0.415 e. The van der Waals surface area contributed by atoms with Gasteiger partial charge in [0.1, 0.15) is 0 Å². The SMILES string of the molecule is Cc1ccc([C@H]2CCCCN2N2Cc3ccc(-c4nnc(C(F)F)o4)cc3C2=O)cn1. The van der Waals surface area contributed by atoms with E-state index in [1.165, 1.54) is 0 Å². The maximum atomic E-state index is 13.3. The van der Waals surface area contributed by atoms with Gasteiger partial charge in [-0.25, -0.2) is 5.01 Å². The van der Waals surface area contributed by atoms with Gasteiger partial charge in [-0.05, 0) is 49.1 Å². The summed E-state index contributed by atoms with van der Waals surface area (Å²) in [6, 6.07) is 9.34. The molecule has 5 rings (SSSR count). The predicted molar refractivity (Wildman–Crippen MR) is 107 cm³/mol. The third-order valence-electron chi connectivity index (χ3n) is 5.87. The molecule has 1 saturated heterocycles. The Morgan fingerprint density at radius 1 is 1.16 bits per heavy atom. The molecule has 31 heavy (non-hydrogen) atoms. The van der Waals surface area contributed by atoms with E-state index in [-0.39, 0.29) is 17.8 Å². The van der Waals surface area contributed by atoms with Gasteiger partial charge < -0.3 is 4.42 Å². The fourth-order valence-corrected chi connectivity index (χ4v) is 4.29. The summed E-state index contributed by atoms with van der Waals surface area (Å²) in [7, 11) is 0. The number of pyridine rings is 1. The molecular weight excluding hydrogens is 404 g/mol. The number of benzene rings is 1. The fraction of sp³-hybridized carbons (Fsp3) is 0.364. The number of carbonyl (C=O) groups excluding carboxylic acids is 1. The molecule has 160 valence electrons. The van der Waals surface area contributed by atoms with Gasteiger partial charge in [0.25, 0.3) is 11.8 Å². The first-order valence-electron chi connectivity index (χ1n) is 10.3. The van der Waals surface area contributed by atoms with Crippen molar-refractivity contribution in [2.45, 2.75) is 45.2 Å². The Hall–Kier alpha value is -3.20. The number of hydrazine groups is 1. The second-order valence-electron chi connectivity index (χ2n) is 7.89. The molecule has 1 amide bonds. The summed E-state index contributed by atoms with van der Waals surface area (Å²) in [6.07, 6.45) is 2.12. The van der Waals surface area contributed by atoms with Crippen molar-refractivity contribution in [2.24, 2.45) is 0 Å². The molecule has 1 fully saturated rings. The van der Waals surface area contributed by atoms with Crippen molar-refractivity contribution in [1.29, 1.82) is 0 Å². The molecule has 7 nitrogen and oxygen atoms in total. The Morgan fingerprint density at radius 2 is 2.03 bits per heavy atom. The number of aryl methyl sites for hydroxylation is 1. The molecule has 0 bridgehead atoms. The highest BCUT2D eigenvalue weighted by Crippen LogP contribution is 2.37. The molecule has 0 saturated carbocycles. The Kier molecular flexibility index (Phi) is 4.97. The Labute approximate surface area is 177 Å². The smallest absolute Gasteiger partial charge is 0.314 e. The van der Waals surface area contributed by atoms with Crippen molar-refractivity contribution in [3.05, 3.63) is 64.8 Å². The summed E-state index contributed by atoms with van der Waals surface area (Å²) in [5.41, 5.74) is 3.92. The number of nitrogens with zero attached hydrogens (tertiary/aromatic N) is 5. The monoisotopic (exact) mass is 425 g/mol. The van der Waals surface area contributed by atoms with Crippen LogP contribution in [-0.4, -0.2) is 37.7 Å². The van der Waals surface area contributed by atoms with Crippen LogP contribution in [-0.2, 0) is 6.54 Å². The van der Waals surface area contributed by atoms with E-state index in [0.717, 1.165) is 42.6 Å². The molecule has 0 radical (unpaired) electrons. The van der Waals surface area contributed by atoms with Crippen LogP contribution in [0.25, 0.3) is 11.5 Å². The number of hydrogen-bond acceptors (Lipinski definition) is 6. The lowest BCUT2D eigenvalue weighted by molar-refractivity contribution is -0.0560. The van der Waals surface area contributed by atoms with Crippen molar-refractivity contribution in [1.82, 2.24) is 25.2 Å². The summed E-state index contributed by atoms with van der Waals surface area (Å²) in [4.78, 5) is 17.7. The van der Waals surface area contributed by atoms with Gasteiger partial charge in [0, 0.05) is 29.6 Å². The number of fused-ring (bicyclic) bond motifs is 1. The van der Waals surface area contributed by atoms with Crippen LogP contribution in [0.3, 0.4) is 0 Å². The third kappa shape index (κ3) is 3.59. The van der Waals surface area contributed by atoms with Crippen LogP contribution in [0.15, 0.2) is 40.9 Å². The molecule has 1 aromatic carbocycles. The van der Waals surface area contributed by atoms with E-state index in [4.69, 9.17) is 4.42 Å². The molecule has 4 heterocycles. The van der Waals surface area contributed by atoms with Gasteiger partial charge in [0.05, 0.1) is 12.6 Å². The average molecular weight is 425 g/mol. The number of rotatable bonds is 4. The van der Waals surface area contributed by atoms with Crippen molar-refractivity contribution in [3.8, 4) is 11.5 Å². The minimum absolute atomic E-state index is 0.0223. The van der Waals surface area contributed by atoms with Crippen LogP contribution in [0.1, 0.15) is 64.8 Å². The van der Waals surface area contributed by atoms with E-state index in [9.17, 15) is 13.6 Å². The summed E-state index contributed by atoms with van der Waals surface area (Å²) in [5.74, 6) is -0.866. The van der Waals surface area contributed by atoms with Crippen LogP contribution in [0.4, 0.5) is 8.78 Å². The Bertz CT molecular complexity index is 1120. The fourth-order valence-electron chi connectivity index (χ4n) is 4.29. The first-order valence-corrected chi connectivity index (χ1v) is 10.3. The van der Waals surface area contributed by atoms with Gasteiger partial charge in [0.15, 0.2) is 0 Å². The molecule has 2 aliphatic heterocycles. The summed E-state index contributed by atoms with van der Waals surface area (Å²) >= 11 is 0. The standard InChI is InChI=1S/C22H21F2N5O2/c1-13-5-6-15(11-25-13)18-4-2-3-9-28(18)29-12-16-8-7-14(10-17(16)22(29)30)20-26-27-21(31-20)19(23)24/h5-8,10-11,18-19H,2-4,9,12H2,1H3/t18-/m1/s1. The summed E-state index contributed by atoms with van der Waals surface area (Å²) in [5, 5.41) is 11.0. The lowest BCUT2D eigenvalue weighted by atomic mass is 9.97. The second-order valence-corrected chi connectivity index (χ2v) is 7.89. The molecule has 0 aliphatic carbocycles. The Morgan fingerprint density at radius 3 is 2.77 bits per heavy atom. The largest absolute Gasteiger partial charge is 0.415 e. The summed E-state index contributed by atoms with van der Waals surface area (Å²) in [6.45, 7) is 3.21. The van der Waals surface area contributed by atoms with Crippen LogP contribution >= 0.6 is 0 Å². The Balaban J connectivity index is 1.42.